The summed E-state index contributed by atoms with van der Waals surface area (Å²) in [5.41, 5.74) is 16.2. The Labute approximate surface area is 116 Å². The third kappa shape index (κ3) is 6.52. The summed E-state index contributed by atoms with van der Waals surface area (Å²) in [4.78, 5) is 10.3. The van der Waals surface area contributed by atoms with E-state index in [2.05, 4.69) is 36.3 Å². The number of allylic oxidation sites excluding steroid dienone is 2. The molecular formula is C14H29N3O2. The Kier molecular flexibility index (Phi) is 14.1. The zero-order valence-corrected chi connectivity index (χ0v) is 12.6. The summed E-state index contributed by atoms with van der Waals surface area (Å²) in [6.07, 6.45) is 7.41. The highest BCUT2D eigenvalue weighted by molar-refractivity contribution is 5.43. The van der Waals surface area contributed by atoms with Crippen molar-refractivity contribution in [1.82, 2.24) is 0 Å². The summed E-state index contributed by atoms with van der Waals surface area (Å²) in [6, 6.07) is 0. The molecule has 6 N–H and O–H groups in total. The summed E-state index contributed by atoms with van der Waals surface area (Å²) in [5.74, 6) is 0.713. The van der Waals surface area contributed by atoms with E-state index in [1.807, 2.05) is 0 Å². The standard InChI is InChI=1S/C11H14O2.3CH5N/c1-8-5-9-3-2-4-11(13-7-12)10(9)6-8;3*1-2/h2-3,7-8,11H,4-6H2,1H3;3*2H2,1H3. The third-order valence-electron chi connectivity index (χ3n) is 2.83. The predicted molar refractivity (Wildman–Crippen MR) is 80.5 cm³/mol. The van der Waals surface area contributed by atoms with Crippen LogP contribution in [0.2, 0.25) is 0 Å². The van der Waals surface area contributed by atoms with Crippen molar-refractivity contribution in [2.24, 2.45) is 23.1 Å². The van der Waals surface area contributed by atoms with Crippen LogP contribution in [0.4, 0.5) is 0 Å². The van der Waals surface area contributed by atoms with Gasteiger partial charge in [-0.2, -0.15) is 0 Å². The van der Waals surface area contributed by atoms with Crippen molar-refractivity contribution in [3.05, 3.63) is 23.3 Å². The minimum atomic E-state index is 0.0300. The highest BCUT2D eigenvalue weighted by Crippen LogP contribution is 2.38. The molecule has 0 heterocycles. The normalized spacial score (nSPS) is 22.7. The van der Waals surface area contributed by atoms with E-state index < -0.39 is 0 Å². The molecule has 2 aliphatic rings. The van der Waals surface area contributed by atoms with Gasteiger partial charge in [0.25, 0.3) is 6.47 Å². The van der Waals surface area contributed by atoms with Gasteiger partial charge in [-0.05, 0) is 51.0 Å². The fraction of sp³-hybridized carbons (Fsp3) is 0.643. The molecule has 0 bridgehead atoms. The molecule has 0 fully saturated rings. The monoisotopic (exact) mass is 271 g/mol. The highest BCUT2D eigenvalue weighted by Gasteiger charge is 2.28. The summed E-state index contributed by atoms with van der Waals surface area (Å²) < 4.78 is 5.06. The van der Waals surface area contributed by atoms with E-state index in [0.29, 0.717) is 12.4 Å². The van der Waals surface area contributed by atoms with Gasteiger partial charge in [0.1, 0.15) is 6.10 Å². The maximum atomic E-state index is 10.3. The molecule has 0 aromatic heterocycles. The van der Waals surface area contributed by atoms with Crippen molar-refractivity contribution >= 4 is 6.47 Å². The SMILES string of the molecule is CC1CC2=C(C1)C(OC=O)CC=C2.CN.CN.CN. The molecule has 0 radical (unpaired) electrons. The average Bonchev–Trinajstić information content (AvgIpc) is 2.87. The first-order valence-corrected chi connectivity index (χ1v) is 6.52. The highest BCUT2D eigenvalue weighted by atomic mass is 16.5. The fourth-order valence-electron chi connectivity index (χ4n) is 2.28. The van der Waals surface area contributed by atoms with Crippen LogP contribution in [0.1, 0.15) is 26.2 Å². The largest absolute Gasteiger partial charge is 0.460 e. The van der Waals surface area contributed by atoms with E-state index in [9.17, 15) is 4.79 Å². The van der Waals surface area contributed by atoms with Crippen LogP contribution in [0, 0.1) is 5.92 Å². The van der Waals surface area contributed by atoms with Crippen LogP contribution in [0.5, 0.6) is 0 Å². The van der Waals surface area contributed by atoms with Gasteiger partial charge < -0.3 is 21.9 Å². The van der Waals surface area contributed by atoms with Crippen LogP contribution in [-0.4, -0.2) is 33.7 Å². The maximum Gasteiger partial charge on any atom is 0.293 e. The van der Waals surface area contributed by atoms with Crippen molar-refractivity contribution in [1.29, 1.82) is 0 Å². The van der Waals surface area contributed by atoms with Gasteiger partial charge in [0.2, 0.25) is 0 Å². The van der Waals surface area contributed by atoms with Gasteiger partial charge >= 0.3 is 0 Å². The molecule has 0 saturated carbocycles. The molecule has 0 amide bonds. The Hall–Kier alpha value is -1.17. The van der Waals surface area contributed by atoms with E-state index >= 15 is 0 Å². The number of hydrogen-bond donors (Lipinski definition) is 3. The Bertz CT molecular complexity index is 286. The smallest absolute Gasteiger partial charge is 0.293 e. The van der Waals surface area contributed by atoms with E-state index in [1.165, 1.54) is 32.3 Å². The van der Waals surface area contributed by atoms with Crippen molar-refractivity contribution in [2.75, 3.05) is 21.1 Å². The third-order valence-corrected chi connectivity index (χ3v) is 2.83. The Morgan fingerprint density at radius 3 is 2.26 bits per heavy atom. The van der Waals surface area contributed by atoms with Crippen LogP contribution in [0.3, 0.4) is 0 Å². The molecule has 0 aromatic rings. The lowest BCUT2D eigenvalue weighted by atomic mass is 9.97. The van der Waals surface area contributed by atoms with Crippen molar-refractivity contribution in [3.63, 3.8) is 0 Å². The number of ether oxygens (including phenoxy) is 1. The van der Waals surface area contributed by atoms with Crippen LogP contribution in [0.15, 0.2) is 23.3 Å². The fourth-order valence-corrected chi connectivity index (χ4v) is 2.28. The Morgan fingerprint density at radius 1 is 1.16 bits per heavy atom. The minimum absolute atomic E-state index is 0.0300. The first kappa shape index (κ1) is 20.2. The molecule has 0 spiro atoms. The Morgan fingerprint density at radius 2 is 1.74 bits per heavy atom. The van der Waals surface area contributed by atoms with Gasteiger partial charge in [-0.15, -0.1) is 0 Å². The number of hydrogen-bond acceptors (Lipinski definition) is 5. The molecule has 5 heteroatoms. The average molecular weight is 271 g/mol. The van der Waals surface area contributed by atoms with E-state index in [1.54, 1.807) is 0 Å². The molecule has 2 unspecified atom stereocenters. The molecular weight excluding hydrogens is 242 g/mol. The number of rotatable bonds is 2. The van der Waals surface area contributed by atoms with Gasteiger partial charge in [-0.3, -0.25) is 4.79 Å². The van der Waals surface area contributed by atoms with E-state index in [0.717, 1.165) is 19.3 Å². The molecule has 0 aromatic carbocycles. The first-order chi connectivity index (χ1) is 9.31. The second-order valence-corrected chi connectivity index (χ2v) is 3.92. The molecule has 112 valence electrons. The van der Waals surface area contributed by atoms with Crippen LogP contribution < -0.4 is 17.2 Å². The molecule has 2 rings (SSSR count). The zero-order valence-electron chi connectivity index (χ0n) is 12.6. The summed E-state index contributed by atoms with van der Waals surface area (Å²) in [6.45, 7) is 2.81. The van der Waals surface area contributed by atoms with Crippen LogP contribution in [-0.2, 0) is 9.53 Å². The molecule has 0 saturated heterocycles. The number of nitrogens with two attached hydrogens (primary N) is 3. The lowest BCUT2D eigenvalue weighted by molar-refractivity contribution is -0.132. The zero-order chi connectivity index (χ0) is 15.3. The summed E-state index contributed by atoms with van der Waals surface area (Å²) >= 11 is 0. The van der Waals surface area contributed by atoms with Crippen LogP contribution in [0.25, 0.3) is 0 Å². The van der Waals surface area contributed by atoms with Gasteiger partial charge in [0.05, 0.1) is 0 Å². The topological polar surface area (TPSA) is 104 Å². The lowest BCUT2D eigenvalue weighted by Crippen LogP contribution is -2.16. The van der Waals surface area contributed by atoms with Crippen molar-refractivity contribution in [3.8, 4) is 0 Å². The van der Waals surface area contributed by atoms with Gasteiger partial charge in [-0.1, -0.05) is 19.1 Å². The van der Waals surface area contributed by atoms with E-state index in [4.69, 9.17) is 4.74 Å². The van der Waals surface area contributed by atoms with E-state index in [-0.39, 0.29) is 6.10 Å². The second-order valence-electron chi connectivity index (χ2n) is 3.92. The van der Waals surface area contributed by atoms with Crippen LogP contribution >= 0.6 is 0 Å². The van der Waals surface area contributed by atoms with Crippen molar-refractivity contribution < 1.29 is 9.53 Å². The van der Waals surface area contributed by atoms with Gasteiger partial charge in [-0.25, -0.2) is 0 Å². The summed E-state index contributed by atoms with van der Waals surface area (Å²) in [7, 11) is 4.50. The molecule has 0 aliphatic heterocycles. The van der Waals surface area contributed by atoms with Gasteiger partial charge in [0, 0.05) is 6.42 Å². The predicted octanol–water partition coefficient (Wildman–Crippen LogP) is 0.939. The molecule has 2 atom stereocenters. The Balaban J connectivity index is 0. The second kappa shape index (κ2) is 13.3. The lowest BCUT2D eigenvalue weighted by Gasteiger charge is -2.19. The molecule has 5 nitrogen and oxygen atoms in total. The molecule has 19 heavy (non-hydrogen) atoms. The first-order valence-electron chi connectivity index (χ1n) is 6.52. The minimum Gasteiger partial charge on any atom is -0.460 e. The number of carbonyl (C=O) groups excluding carboxylic acids is 1. The van der Waals surface area contributed by atoms with Crippen molar-refractivity contribution in [2.45, 2.75) is 32.3 Å². The van der Waals surface area contributed by atoms with Gasteiger partial charge in [0.15, 0.2) is 0 Å². The molecule has 2 aliphatic carbocycles. The summed E-state index contributed by atoms with van der Waals surface area (Å²) in [5, 5.41) is 0. The quantitative estimate of drug-likeness (QED) is 0.648. The number of carbonyl (C=O) groups is 1. The maximum absolute atomic E-state index is 10.3.